The molecule has 1 fully saturated rings. The third-order valence-corrected chi connectivity index (χ3v) is 3.13. The average molecular weight is 261 g/mol. The van der Waals surface area contributed by atoms with Crippen LogP contribution in [-0.2, 0) is 0 Å². The number of furan rings is 1. The highest BCUT2D eigenvalue weighted by Gasteiger charge is 2.41. The minimum Gasteiger partial charge on any atom is -0.461 e. The Balaban J connectivity index is 1.92. The molecule has 3 nitrogen and oxygen atoms in total. The normalized spacial score (nSPS) is 22.1. The summed E-state index contributed by atoms with van der Waals surface area (Å²) >= 11 is 0. The number of piperidine rings is 1. The van der Waals surface area contributed by atoms with Crippen LogP contribution in [0.5, 0.6) is 0 Å². The van der Waals surface area contributed by atoms with E-state index < -0.39 is 12.1 Å². The zero-order valence-corrected chi connectivity index (χ0v) is 9.74. The Kier molecular flexibility index (Phi) is 3.75. The molecule has 0 bridgehead atoms. The Morgan fingerprint density at radius 2 is 2.28 bits per heavy atom. The summed E-state index contributed by atoms with van der Waals surface area (Å²) in [6.07, 6.45) is -2.18. The van der Waals surface area contributed by atoms with Gasteiger partial charge in [-0.1, -0.05) is 0 Å². The van der Waals surface area contributed by atoms with Gasteiger partial charge in [-0.3, -0.25) is 9.69 Å². The molecule has 0 aliphatic carbocycles. The van der Waals surface area contributed by atoms with Crippen molar-refractivity contribution in [1.82, 2.24) is 4.90 Å². The molecule has 6 heteroatoms. The number of Topliss-reactive ketones (excluding diaryl/α,β-unsaturated/α-hetero) is 1. The van der Waals surface area contributed by atoms with Crippen LogP contribution in [0.25, 0.3) is 0 Å². The molecule has 0 saturated carbocycles. The van der Waals surface area contributed by atoms with E-state index >= 15 is 0 Å². The Bertz CT molecular complexity index is 400. The summed E-state index contributed by atoms with van der Waals surface area (Å²) in [7, 11) is 0. The van der Waals surface area contributed by atoms with E-state index in [2.05, 4.69) is 0 Å². The lowest BCUT2D eigenvalue weighted by atomic mass is 9.97. The highest BCUT2D eigenvalue weighted by atomic mass is 19.4. The van der Waals surface area contributed by atoms with Gasteiger partial charge in [0.05, 0.1) is 18.7 Å². The first-order valence-corrected chi connectivity index (χ1v) is 5.82. The molecule has 1 aromatic rings. The molecular formula is C12H14F3NO2. The van der Waals surface area contributed by atoms with Crippen molar-refractivity contribution in [3.05, 3.63) is 24.2 Å². The fourth-order valence-corrected chi connectivity index (χ4v) is 2.18. The minimum absolute atomic E-state index is 0.0138. The van der Waals surface area contributed by atoms with Crippen molar-refractivity contribution in [2.45, 2.75) is 19.0 Å². The Hall–Kier alpha value is -1.30. The topological polar surface area (TPSA) is 33.5 Å². The van der Waals surface area contributed by atoms with Gasteiger partial charge in [-0.25, -0.2) is 0 Å². The van der Waals surface area contributed by atoms with E-state index in [0.29, 0.717) is 13.0 Å². The van der Waals surface area contributed by atoms with Gasteiger partial charge in [0.25, 0.3) is 0 Å². The van der Waals surface area contributed by atoms with Gasteiger partial charge >= 0.3 is 6.18 Å². The van der Waals surface area contributed by atoms with Crippen LogP contribution >= 0.6 is 0 Å². The molecule has 1 saturated heterocycles. The summed E-state index contributed by atoms with van der Waals surface area (Å²) in [4.78, 5) is 13.3. The largest absolute Gasteiger partial charge is 0.461 e. The van der Waals surface area contributed by atoms with Crippen LogP contribution in [0.15, 0.2) is 22.8 Å². The van der Waals surface area contributed by atoms with Crippen LogP contribution in [0.2, 0.25) is 0 Å². The van der Waals surface area contributed by atoms with Gasteiger partial charge in [0.2, 0.25) is 5.78 Å². The number of carbonyl (C=O) groups excluding carboxylic acids is 1. The van der Waals surface area contributed by atoms with E-state index in [1.165, 1.54) is 12.3 Å². The molecule has 0 radical (unpaired) electrons. The maximum atomic E-state index is 12.6. The molecule has 0 N–H and O–H groups in total. The molecule has 2 heterocycles. The lowest BCUT2D eigenvalue weighted by Gasteiger charge is -2.32. The first kappa shape index (κ1) is 13.1. The van der Waals surface area contributed by atoms with Crippen molar-refractivity contribution in [2.75, 3.05) is 19.6 Å². The van der Waals surface area contributed by atoms with Crippen LogP contribution in [0, 0.1) is 5.92 Å². The highest BCUT2D eigenvalue weighted by Crippen LogP contribution is 2.33. The number of halogens is 3. The van der Waals surface area contributed by atoms with Gasteiger partial charge < -0.3 is 4.42 Å². The lowest BCUT2D eigenvalue weighted by Crippen LogP contribution is -2.43. The molecule has 1 aliphatic heterocycles. The molecule has 18 heavy (non-hydrogen) atoms. The van der Waals surface area contributed by atoms with Crippen molar-refractivity contribution in [1.29, 1.82) is 0 Å². The molecule has 1 unspecified atom stereocenters. The maximum absolute atomic E-state index is 12.6. The zero-order valence-electron chi connectivity index (χ0n) is 9.74. The van der Waals surface area contributed by atoms with E-state index in [0.717, 1.165) is 0 Å². The van der Waals surface area contributed by atoms with Crippen LogP contribution in [0.1, 0.15) is 23.4 Å². The molecular weight excluding hydrogens is 247 g/mol. The number of carbonyl (C=O) groups is 1. The van der Waals surface area contributed by atoms with Crippen molar-refractivity contribution in [3.8, 4) is 0 Å². The molecule has 1 atom stereocenters. The van der Waals surface area contributed by atoms with E-state index in [4.69, 9.17) is 4.42 Å². The van der Waals surface area contributed by atoms with Crippen molar-refractivity contribution in [2.24, 2.45) is 5.92 Å². The molecule has 100 valence electrons. The quantitative estimate of drug-likeness (QED) is 0.784. The number of hydrogen-bond acceptors (Lipinski definition) is 3. The molecule has 1 aromatic heterocycles. The third-order valence-electron chi connectivity index (χ3n) is 3.13. The van der Waals surface area contributed by atoms with Gasteiger partial charge in [0.1, 0.15) is 0 Å². The van der Waals surface area contributed by atoms with Crippen molar-refractivity contribution in [3.63, 3.8) is 0 Å². The monoisotopic (exact) mass is 261 g/mol. The second kappa shape index (κ2) is 5.14. The van der Waals surface area contributed by atoms with Gasteiger partial charge in [-0.2, -0.15) is 13.2 Å². The fraction of sp³-hybridized carbons (Fsp3) is 0.583. The molecule has 0 aromatic carbocycles. The zero-order chi connectivity index (χ0) is 13.2. The Morgan fingerprint density at radius 1 is 1.50 bits per heavy atom. The Morgan fingerprint density at radius 3 is 2.89 bits per heavy atom. The SMILES string of the molecule is O=C(CN1CCCC(C(F)(F)F)C1)c1ccco1. The van der Waals surface area contributed by atoms with Crippen molar-refractivity contribution >= 4 is 5.78 Å². The number of nitrogens with zero attached hydrogens (tertiary/aromatic N) is 1. The van der Waals surface area contributed by atoms with E-state index in [9.17, 15) is 18.0 Å². The molecule has 0 spiro atoms. The summed E-state index contributed by atoms with van der Waals surface area (Å²) in [5.41, 5.74) is 0. The van der Waals surface area contributed by atoms with Crippen LogP contribution in [-0.4, -0.2) is 36.5 Å². The van der Waals surface area contributed by atoms with Gasteiger partial charge in [-0.15, -0.1) is 0 Å². The summed E-state index contributed by atoms with van der Waals surface area (Å²) in [5.74, 6) is -1.40. The second-order valence-corrected chi connectivity index (χ2v) is 4.52. The summed E-state index contributed by atoms with van der Waals surface area (Å²) in [6, 6.07) is 3.11. The van der Waals surface area contributed by atoms with E-state index in [1.54, 1.807) is 11.0 Å². The number of hydrogen-bond donors (Lipinski definition) is 0. The van der Waals surface area contributed by atoms with Gasteiger partial charge in [0, 0.05) is 6.54 Å². The van der Waals surface area contributed by atoms with Gasteiger partial charge in [-0.05, 0) is 31.5 Å². The summed E-state index contributed by atoms with van der Waals surface area (Å²) in [5, 5.41) is 0. The summed E-state index contributed by atoms with van der Waals surface area (Å²) < 4.78 is 42.7. The van der Waals surface area contributed by atoms with Gasteiger partial charge in [0.15, 0.2) is 5.76 Å². The van der Waals surface area contributed by atoms with Crippen LogP contribution in [0.4, 0.5) is 13.2 Å². The lowest BCUT2D eigenvalue weighted by molar-refractivity contribution is -0.186. The Labute approximate surface area is 103 Å². The minimum atomic E-state index is -4.17. The second-order valence-electron chi connectivity index (χ2n) is 4.52. The number of alkyl halides is 3. The molecule has 2 rings (SSSR count). The standard InChI is InChI=1S/C12H14F3NO2/c13-12(14,15)9-3-1-5-16(7-9)8-10(17)11-4-2-6-18-11/h2,4,6,9H,1,3,5,7-8H2. The fourth-order valence-electron chi connectivity index (χ4n) is 2.18. The van der Waals surface area contributed by atoms with Crippen LogP contribution < -0.4 is 0 Å². The third kappa shape index (κ3) is 3.13. The number of likely N-dealkylation sites (tertiary alicyclic amines) is 1. The van der Waals surface area contributed by atoms with Crippen LogP contribution in [0.3, 0.4) is 0 Å². The van der Waals surface area contributed by atoms with E-state index in [1.807, 2.05) is 0 Å². The smallest absolute Gasteiger partial charge is 0.393 e. The molecule has 0 amide bonds. The maximum Gasteiger partial charge on any atom is 0.393 e. The first-order valence-electron chi connectivity index (χ1n) is 5.82. The highest BCUT2D eigenvalue weighted by molar-refractivity contribution is 5.94. The summed E-state index contributed by atoms with van der Waals surface area (Å²) in [6.45, 7) is 0.412. The predicted molar refractivity (Wildman–Crippen MR) is 58.3 cm³/mol. The predicted octanol–water partition coefficient (Wildman–Crippen LogP) is 2.74. The number of rotatable bonds is 3. The first-order chi connectivity index (χ1) is 8.47. The number of ketones is 1. The van der Waals surface area contributed by atoms with Crippen molar-refractivity contribution < 1.29 is 22.4 Å². The molecule has 1 aliphatic rings. The van der Waals surface area contributed by atoms with E-state index in [-0.39, 0.29) is 31.1 Å². The average Bonchev–Trinajstić information content (AvgIpc) is 2.81.